The number of aryl methyl sites for hydroxylation is 1. The second-order valence-corrected chi connectivity index (χ2v) is 6.60. The Hall–Kier alpha value is -3.60. The summed E-state index contributed by atoms with van der Waals surface area (Å²) < 4.78 is 11.3. The van der Waals surface area contributed by atoms with Gasteiger partial charge in [-0.1, -0.05) is 36.4 Å². The molecule has 1 aromatic heterocycles. The number of oxazole rings is 1. The van der Waals surface area contributed by atoms with E-state index >= 15 is 0 Å². The number of hydrogen-bond donors (Lipinski definition) is 1. The number of nitrogens with zero attached hydrogens (tertiary/aromatic N) is 1. The summed E-state index contributed by atoms with van der Waals surface area (Å²) in [5.74, 6) is 1.15. The molecule has 0 spiro atoms. The van der Waals surface area contributed by atoms with Gasteiger partial charge < -0.3 is 14.5 Å². The monoisotopic (exact) mass is 372 g/mol. The highest BCUT2D eigenvalue weighted by Crippen LogP contribution is 2.18. The Morgan fingerprint density at radius 1 is 1.04 bits per heavy atom. The number of para-hydroxylation sites is 2. The molecule has 140 valence electrons. The molecule has 0 aliphatic rings. The predicted molar refractivity (Wildman–Crippen MR) is 109 cm³/mol. The van der Waals surface area contributed by atoms with Gasteiger partial charge in [-0.2, -0.15) is 0 Å². The van der Waals surface area contributed by atoms with Gasteiger partial charge in [0.15, 0.2) is 18.1 Å². The number of carbonyl (C=O) groups is 1. The third-order valence-corrected chi connectivity index (χ3v) is 4.29. The molecule has 4 rings (SSSR count). The number of carbonyl (C=O) groups excluding carboxylic acids is 1. The summed E-state index contributed by atoms with van der Waals surface area (Å²) in [6, 6.07) is 22.9. The zero-order valence-corrected chi connectivity index (χ0v) is 15.5. The molecule has 28 heavy (non-hydrogen) atoms. The van der Waals surface area contributed by atoms with Crippen molar-refractivity contribution in [3.05, 3.63) is 89.8 Å². The fourth-order valence-electron chi connectivity index (χ4n) is 2.93. The third-order valence-electron chi connectivity index (χ3n) is 4.29. The molecule has 0 radical (unpaired) electrons. The van der Waals surface area contributed by atoms with Crippen LogP contribution in [0.2, 0.25) is 0 Å². The van der Waals surface area contributed by atoms with E-state index in [1.807, 2.05) is 79.7 Å². The number of anilines is 1. The SMILES string of the molecule is Cc1cccc(OCC(=O)Nc2ccc(Cc3nc4ccccc4o3)cc2)c1. The maximum absolute atomic E-state index is 12.1. The average Bonchev–Trinajstić information content (AvgIpc) is 3.10. The summed E-state index contributed by atoms with van der Waals surface area (Å²) >= 11 is 0. The van der Waals surface area contributed by atoms with Crippen molar-refractivity contribution in [2.75, 3.05) is 11.9 Å². The van der Waals surface area contributed by atoms with E-state index in [1.54, 1.807) is 0 Å². The number of ether oxygens (including phenoxy) is 1. The van der Waals surface area contributed by atoms with Crippen molar-refractivity contribution in [3.8, 4) is 5.75 Å². The van der Waals surface area contributed by atoms with Crippen molar-refractivity contribution in [2.24, 2.45) is 0 Å². The Balaban J connectivity index is 1.33. The molecule has 4 aromatic rings. The third kappa shape index (κ3) is 4.38. The average molecular weight is 372 g/mol. The lowest BCUT2D eigenvalue weighted by molar-refractivity contribution is -0.118. The molecule has 0 aliphatic heterocycles. The second-order valence-electron chi connectivity index (χ2n) is 6.60. The summed E-state index contributed by atoms with van der Waals surface area (Å²) in [4.78, 5) is 16.6. The number of aromatic nitrogens is 1. The zero-order chi connectivity index (χ0) is 19.3. The molecule has 0 saturated heterocycles. The highest BCUT2D eigenvalue weighted by Gasteiger charge is 2.07. The van der Waals surface area contributed by atoms with Crippen LogP contribution >= 0.6 is 0 Å². The van der Waals surface area contributed by atoms with Gasteiger partial charge in [-0.05, 0) is 54.4 Å². The number of amides is 1. The largest absolute Gasteiger partial charge is 0.484 e. The summed E-state index contributed by atoms with van der Waals surface area (Å²) in [5, 5.41) is 2.84. The van der Waals surface area contributed by atoms with Crippen LogP contribution in [0.3, 0.4) is 0 Å². The second kappa shape index (κ2) is 7.96. The standard InChI is InChI=1S/C23H20N2O3/c1-16-5-4-6-19(13-16)27-15-22(26)24-18-11-9-17(10-12-18)14-23-25-20-7-2-3-8-21(20)28-23/h2-13H,14-15H2,1H3,(H,24,26). The minimum absolute atomic E-state index is 0.0336. The van der Waals surface area contributed by atoms with E-state index in [0.29, 0.717) is 18.1 Å². The van der Waals surface area contributed by atoms with Crippen molar-refractivity contribution in [1.82, 2.24) is 4.98 Å². The Kier molecular flexibility index (Phi) is 5.06. The summed E-state index contributed by atoms with van der Waals surface area (Å²) in [6.45, 7) is 1.95. The van der Waals surface area contributed by atoms with Gasteiger partial charge >= 0.3 is 0 Å². The normalized spacial score (nSPS) is 10.8. The van der Waals surface area contributed by atoms with Gasteiger partial charge in [0.1, 0.15) is 11.3 Å². The molecular weight excluding hydrogens is 352 g/mol. The van der Waals surface area contributed by atoms with E-state index in [2.05, 4.69) is 10.3 Å². The van der Waals surface area contributed by atoms with Crippen LogP contribution in [0.5, 0.6) is 5.75 Å². The van der Waals surface area contributed by atoms with Crippen molar-refractivity contribution in [3.63, 3.8) is 0 Å². The van der Waals surface area contributed by atoms with Gasteiger partial charge in [0.05, 0.1) is 0 Å². The van der Waals surface area contributed by atoms with Crippen LogP contribution in [0.15, 0.2) is 77.2 Å². The summed E-state index contributed by atoms with van der Waals surface area (Å²) in [7, 11) is 0. The number of nitrogens with one attached hydrogen (secondary N) is 1. The first-order valence-corrected chi connectivity index (χ1v) is 9.08. The summed E-state index contributed by atoms with van der Waals surface area (Å²) in [6.07, 6.45) is 0.597. The minimum atomic E-state index is -0.201. The van der Waals surface area contributed by atoms with E-state index in [0.717, 1.165) is 27.9 Å². The molecule has 3 aromatic carbocycles. The number of fused-ring (bicyclic) bond motifs is 1. The van der Waals surface area contributed by atoms with Gasteiger partial charge in [0, 0.05) is 12.1 Å². The van der Waals surface area contributed by atoms with Crippen molar-refractivity contribution >= 4 is 22.7 Å². The quantitative estimate of drug-likeness (QED) is 0.531. The summed E-state index contributed by atoms with van der Waals surface area (Å²) in [5.41, 5.74) is 4.51. The Bertz CT molecular complexity index is 1070. The first-order chi connectivity index (χ1) is 13.7. The van der Waals surface area contributed by atoms with Crippen LogP contribution in [0.1, 0.15) is 17.0 Å². The fourth-order valence-corrected chi connectivity index (χ4v) is 2.93. The lowest BCUT2D eigenvalue weighted by Crippen LogP contribution is -2.20. The molecule has 0 saturated carbocycles. The zero-order valence-electron chi connectivity index (χ0n) is 15.5. The van der Waals surface area contributed by atoms with E-state index < -0.39 is 0 Å². The lowest BCUT2D eigenvalue weighted by atomic mass is 10.1. The molecule has 0 bridgehead atoms. The molecule has 0 fully saturated rings. The maximum atomic E-state index is 12.1. The molecule has 5 heteroatoms. The van der Waals surface area contributed by atoms with E-state index in [1.165, 1.54) is 0 Å². The maximum Gasteiger partial charge on any atom is 0.262 e. The Morgan fingerprint density at radius 2 is 1.86 bits per heavy atom. The number of rotatable bonds is 6. The van der Waals surface area contributed by atoms with E-state index in [4.69, 9.17) is 9.15 Å². The van der Waals surface area contributed by atoms with Crippen LogP contribution in [0, 0.1) is 6.92 Å². The van der Waals surface area contributed by atoms with Gasteiger partial charge in [0.2, 0.25) is 0 Å². The van der Waals surface area contributed by atoms with Crippen LogP contribution < -0.4 is 10.1 Å². The van der Waals surface area contributed by atoms with Crippen molar-refractivity contribution < 1.29 is 13.9 Å². The van der Waals surface area contributed by atoms with E-state index in [-0.39, 0.29) is 12.5 Å². The van der Waals surface area contributed by atoms with Gasteiger partial charge in [-0.3, -0.25) is 4.79 Å². The molecular formula is C23H20N2O3. The topological polar surface area (TPSA) is 64.4 Å². The van der Waals surface area contributed by atoms with Crippen molar-refractivity contribution in [2.45, 2.75) is 13.3 Å². The van der Waals surface area contributed by atoms with Crippen LogP contribution in [0.4, 0.5) is 5.69 Å². The molecule has 1 amide bonds. The lowest BCUT2D eigenvalue weighted by Gasteiger charge is -2.08. The molecule has 0 atom stereocenters. The first-order valence-electron chi connectivity index (χ1n) is 9.08. The predicted octanol–water partition coefficient (Wildman–Crippen LogP) is 4.74. The molecule has 1 N–H and O–H groups in total. The Labute approximate surface area is 163 Å². The molecule has 5 nitrogen and oxygen atoms in total. The highest BCUT2D eigenvalue weighted by molar-refractivity contribution is 5.91. The van der Waals surface area contributed by atoms with Crippen LogP contribution in [-0.2, 0) is 11.2 Å². The van der Waals surface area contributed by atoms with Crippen molar-refractivity contribution in [1.29, 1.82) is 0 Å². The minimum Gasteiger partial charge on any atom is -0.484 e. The fraction of sp³-hybridized carbons (Fsp3) is 0.130. The first kappa shape index (κ1) is 17.8. The highest BCUT2D eigenvalue weighted by atomic mass is 16.5. The van der Waals surface area contributed by atoms with Crippen LogP contribution in [0.25, 0.3) is 11.1 Å². The molecule has 0 unspecified atom stereocenters. The number of benzene rings is 3. The van der Waals surface area contributed by atoms with Gasteiger partial charge in [-0.15, -0.1) is 0 Å². The van der Waals surface area contributed by atoms with Crippen LogP contribution in [-0.4, -0.2) is 17.5 Å². The van der Waals surface area contributed by atoms with Gasteiger partial charge in [0.25, 0.3) is 5.91 Å². The smallest absolute Gasteiger partial charge is 0.262 e. The number of hydrogen-bond acceptors (Lipinski definition) is 4. The van der Waals surface area contributed by atoms with Gasteiger partial charge in [-0.25, -0.2) is 4.98 Å². The van der Waals surface area contributed by atoms with E-state index in [9.17, 15) is 4.79 Å². The molecule has 1 heterocycles. The Morgan fingerprint density at radius 3 is 2.64 bits per heavy atom. The molecule has 0 aliphatic carbocycles.